The van der Waals surface area contributed by atoms with Crippen LogP contribution < -0.4 is 9.64 Å². The number of H-pyrrole nitrogens is 1. The van der Waals surface area contributed by atoms with Gasteiger partial charge in [0.2, 0.25) is 5.60 Å². The quantitative estimate of drug-likeness (QED) is 0.190. The summed E-state index contributed by atoms with van der Waals surface area (Å²) < 4.78 is 24.1. The smallest absolute Gasteiger partial charge is 0.344 e. The van der Waals surface area contributed by atoms with Gasteiger partial charge in [-0.15, -0.1) is 0 Å². The third-order valence-electron chi connectivity index (χ3n) is 15.5. The van der Waals surface area contributed by atoms with Crippen LogP contribution in [0.15, 0.2) is 48.0 Å². The van der Waals surface area contributed by atoms with Crippen molar-refractivity contribution in [1.29, 1.82) is 0 Å². The zero-order valence-corrected chi connectivity index (χ0v) is 35.0. The van der Waals surface area contributed by atoms with Crippen LogP contribution in [-0.4, -0.2) is 123 Å². The van der Waals surface area contributed by atoms with E-state index in [0.29, 0.717) is 37.0 Å². The van der Waals surface area contributed by atoms with Crippen LogP contribution in [0, 0.1) is 11.3 Å². The molecule has 1 saturated carbocycles. The average molecular weight is 795 g/mol. The highest BCUT2D eigenvalue weighted by Gasteiger charge is 2.80. The number of nitrogens with zero attached hydrogens (tertiary/aromatic N) is 3. The molecule has 6 heterocycles. The molecule has 12 heteroatoms. The van der Waals surface area contributed by atoms with E-state index >= 15 is 4.79 Å². The van der Waals surface area contributed by atoms with Gasteiger partial charge in [0.05, 0.1) is 27.4 Å². The molecule has 6 aliphatic rings. The first-order valence-electron chi connectivity index (χ1n) is 21.2. The molecular weight excluding hydrogens is 737 g/mol. The first-order valence-corrected chi connectivity index (χ1v) is 21.2. The summed E-state index contributed by atoms with van der Waals surface area (Å²) in [7, 11) is 6.30. The fraction of sp³-hybridized carbons (Fsp3) is 0.587. The number of carbonyl (C=O) groups is 3. The van der Waals surface area contributed by atoms with Crippen molar-refractivity contribution in [2.24, 2.45) is 11.3 Å². The van der Waals surface area contributed by atoms with Gasteiger partial charge in [-0.2, -0.15) is 0 Å². The number of hydrogen-bond acceptors (Lipinski definition) is 11. The third kappa shape index (κ3) is 5.00. The Morgan fingerprint density at radius 3 is 2.45 bits per heavy atom. The van der Waals surface area contributed by atoms with Crippen LogP contribution >= 0.6 is 0 Å². The first kappa shape index (κ1) is 39.1. The average Bonchev–Trinajstić information content (AvgIpc) is 3.89. The first-order chi connectivity index (χ1) is 27.9. The molecule has 1 aliphatic carbocycles. The van der Waals surface area contributed by atoms with Crippen LogP contribution in [0.1, 0.15) is 81.7 Å². The molecule has 12 nitrogen and oxygen atoms in total. The number of para-hydroxylation sites is 1. The number of hydrogen-bond donors (Lipinski definition) is 2. The molecule has 2 saturated heterocycles. The number of nitrogens with one attached hydrogen (secondary N) is 1. The number of aliphatic hydroxyl groups is 1. The van der Waals surface area contributed by atoms with Gasteiger partial charge in [-0.05, 0) is 87.2 Å². The zero-order chi connectivity index (χ0) is 40.9. The van der Waals surface area contributed by atoms with E-state index < -0.39 is 45.9 Å². The number of carbonyl (C=O) groups excluding carboxylic acids is 3. The molecule has 2 N–H and O–H groups in total. The molecule has 1 spiro atoms. The summed E-state index contributed by atoms with van der Waals surface area (Å²) in [4.78, 5) is 53.5. The van der Waals surface area contributed by atoms with Crippen molar-refractivity contribution < 1.29 is 38.4 Å². The summed E-state index contributed by atoms with van der Waals surface area (Å²) in [5.74, 6) is -1.21. The monoisotopic (exact) mass is 794 g/mol. The van der Waals surface area contributed by atoms with Crippen LogP contribution in [0.3, 0.4) is 0 Å². The number of rotatable bonds is 7. The van der Waals surface area contributed by atoms with Crippen LogP contribution in [0.5, 0.6) is 5.75 Å². The summed E-state index contributed by atoms with van der Waals surface area (Å²) in [6, 6.07) is 11.4. The van der Waals surface area contributed by atoms with E-state index in [-0.39, 0.29) is 17.9 Å². The van der Waals surface area contributed by atoms with E-state index in [2.05, 4.69) is 59.0 Å². The second-order valence-corrected chi connectivity index (χ2v) is 17.9. The topological polar surface area (TPSA) is 134 Å². The van der Waals surface area contributed by atoms with E-state index in [1.807, 2.05) is 24.1 Å². The van der Waals surface area contributed by atoms with Crippen LogP contribution in [0.2, 0.25) is 0 Å². The fourth-order valence-electron chi connectivity index (χ4n) is 13.5. The molecule has 9 atom stereocenters. The molecule has 1 unspecified atom stereocenters. The number of fused-ring (bicyclic) bond motifs is 6. The third-order valence-corrected chi connectivity index (χ3v) is 15.5. The lowest BCUT2D eigenvalue weighted by Gasteiger charge is -2.64. The number of aromatic nitrogens is 1. The Labute approximate surface area is 340 Å². The lowest BCUT2D eigenvalue weighted by atomic mass is 9.46. The summed E-state index contributed by atoms with van der Waals surface area (Å²) in [6.07, 6.45) is 6.03. The molecule has 0 amide bonds. The minimum absolute atomic E-state index is 0.0306. The van der Waals surface area contributed by atoms with Gasteiger partial charge in [0.1, 0.15) is 11.2 Å². The Hall–Kier alpha value is -4.39. The molecule has 58 heavy (non-hydrogen) atoms. The standard InChI is InChI=1S/C46H58N4O8/c1-8-28-21-29-24-45(41(52)56-6,37-31(15-19-49(25-28)26-29)30-13-10-11-14-34(30)47-37)33-22-32-35(23-36(33)55-5)48(4)39-44(32)16-12-18-50-20-17-43(9-2,38(44)50)40(58-27(3)51)46(39,54)42(53)57-7/h10-11,13-14,21-23,29,38-40,47,54H,8-9,12,15-20,24-26H2,1-7H3/t29-,38-,39+,40+,43+,44+,45-,46-/m0/s1. The number of benzene rings is 2. The zero-order valence-electron chi connectivity index (χ0n) is 35.0. The molecule has 3 aromatic rings. The summed E-state index contributed by atoms with van der Waals surface area (Å²) in [5, 5.41) is 14.4. The number of aromatic amines is 1. The molecule has 1 aromatic heterocycles. The van der Waals surface area contributed by atoms with Crippen molar-refractivity contribution in [2.45, 2.75) is 100 Å². The molecule has 3 fully saturated rings. The number of esters is 3. The predicted octanol–water partition coefficient (Wildman–Crippen LogP) is 5.02. The number of likely N-dealkylation sites (N-methyl/N-ethyl adjacent to an activating group) is 1. The minimum atomic E-state index is -2.23. The van der Waals surface area contributed by atoms with Crippen molar-refractivity contribution in [3.63, 3.8) is 0 Å². The molecular formula is C46H58N4O8. The van der Waals surface area contributed by atoms with Gasteiger partial charge < -0.3 is 33.9 Å². The van der Waals surface area contributed by atoms with E-state index in [9.17, 15) is 14.7 Å². The van der Waals surface area contributed by atoms with Crippen LogP contribution in [-0.2, 0) is 45.8 Å². The van der Waals surface area contributed by atoms with Crippen molar-refractivity contribution in [3.05, 3.63) is 70.4 Å². The van der Waals surface area contributed by atoms with Gasteiger partial charge in [0.15, 0.2) is 6.10 Å². The predicted molar refractivity (Wildman–Crippen MR) is 219 cm³/mol. The van der Waals surface area contributed by atoms with Gasteiger partial charge >= 0.3 is 17.9 Å². The Balaban J connectivity index is 1.37. The van der Waals surface area contributed by atoms with Crippen molar-refractivity contribution in [2.75, 3.05) is 66.0 Å². The van der Waals surface area contributed by atoms with Gasteiger partial charge in [0, 0.05) is 84.4 Å². The Bertz CT molecular complexity index is 2220. The van der Waals surface area contributed by atoms with Gasteiger partial charge in [0.25, 0.3) is 0 Å². The number of methoxy groups -OCH3 is 3. The Morgan fingerprint density at radius 2 is 1.74 bits per heavy atom. The van der Waals surface area contributed by atoms with E-state index in [1.165, 1.54) is 26.7 Å². The van der Waals surface area contributed by atoms with Gasteiger partial charge in [-0.25, -0.2) is 4.79 Å². The largest absolute Gasteiger partial charge is 0.496 e. The van der Waals surface area contributed by atoms with Gasteiger partial charge in [-0.3, -0.25) is 19.4 Å². The Morgan fingerprint density at radius 1 is 0.966 bits per heavy atom. The molecule has 0 radical (unpaired) electrons. The maximum absolute atomic E-state index is 15.3. The minimum Gasteiger partial charge on any atom is -0.496 e. The number of anilines is 1. The van der Waals surface area contributed by atoms with Crippen molar-refractivity contribution >= 4 is 34.5 Å². The second kappa shape index (κ2) is 13.8. The second-order valence-electron chi connectivity index (χ2n) is 17.9. The molecule has 9 rings (SSSR count). The summed E-state index contributed by atoms with van der Waals surface area (Å²) in [5.41, 5.74) is 1.52. The normalized spacial score (nSPS) is 35.0. The fourth-order valence-corrected chi connectivity index (χ4v) is 13.5. The maximum Gasteiger partial charge on any atom is 0.344 e. The highest BCUT2D eigenvalue weighted by molar-refractivity contribution is 5.95. The van der Waals surface area contributed by atoms with Crippen LogP contribution in [0.25, 0.3) is 10.9 Å². The summed E-state index contributed by atoms with van der Waals surface area (Å²) >= 11 is 0. The van der Waals surface area contributed by atoms with E-state index in [1.54, 1.807) is 7.11 Å². The maximum atomic E-state index is 15.3. The van der Waals surface area contributed by atoms with Crippen LogP contribution in [0.4, 0.5) is 5.69 Å². The van der Waals surface area contributed by atoms with E-state index in [0.717, 1.165) is 85.4 Å². The highest BCUT2D eigenvalue weighted by Crippen LogP contribution is 2.69. The number of piperidine rings is 1. The Kier molecular flexibility index (Phi) is 9.33. The highest BCUT2D eigenvalue weighted by atomic mass is 16.6. The summed E-state index contributed by atoms with van der Waals surface area (Å²) in [6.45, 7) is 9.76. The lowest BCUT2D eigenvalue weighted by Crippen LogP contribution is -2.82. The lowest BCUT2D eigenvalue weighted by molar-refractivity contribution is -0.237. The van der Waals surface area contributed by atoms with Gasteiger partial charge in [-0.1, -0.05) is 43.7 Å². The van der Waals surface area contributed by atoms with Crippen molar-refractivity contribution in [3.8, 4) is 5.75 Å². The number of ether oxygens (including phenoxy) is 4. The molecule has 5 aliphatic heterocycles. The van der Waals surface area contributed by atoms with E-state index in [4.69, 9.17) is 18.9 Å². The SMILES string of the molecule is CCC1=C[C@@H]2CN(CCc3c([nH]c4ccccc34)[C@@](C(=O)OC)(c3cc4c(cc3OC)N(C)[C@H]3[C@@](O)(C(=O)OC)[C@H](OC(C)=O)[C@]5(CC)CCN6CCC[C@]43[C@@H]65)C2)C1. The molecule has 310 valence electrons. The molecule has 2 aromatic carbocycles. The van der Waals surface area contributed by atoms with Crippen molar-refractivity contribution in [1.82, 2.24) is 14.8 Å². The molecule has 2 bridgehead atoms.